The SMILES string of the molecule is CCC(CCCN)NCCCN. The number of hydrogen-bond acceptors (Lipinski definition) is 3. The second kappa shape index (κ2) is 8.97. The van der Waals surface area contributed by atoms with Crippen LogP contribution in [0.2, 0.25) is 0 Å². The first kappa shape index (κ1) is 11.9. The average Bonchev–Trinajstić information content (AvgIpc) is 2.11. The summed E-state index contributed by atoms with van der Waals surface area (Å²) in [5, 5.41) is 3.47. The van der Waals surface area contributed by atoms with Crippen molar-refractivity contribution in [3.8, 4) is 0 Å². The van der Waals surface area contributed by atoms with Gasteiger partial charge in [0.05, 0.1) is 0 Å². The zero-order chi connectivity index (χ0) is 9.23. The number of rotatable bonds is 8. The van der Waals surface area contributed by atoms with Crippen LogP contribution in [0.5, 0.6) is 0 Å². The van der Waals surface area contributed by atoms with Crippen molar-refractivity contribution in [1.82, 2.24) is 5.32 Å². The Labute approximate surface area is 75.9 Å². The fourth-order valence-electron chi connectivity index (χ4n) is 1.22. The average molecular weight is 173 g/mol. The molecular formula is C9H23N3. The third-order valence-electron chi connectivity index (χ3n) is 2.06. The van der Waals surface area contributed by atoms with Crippen LogP contribution in [0.15, 0.2) is 0 Å². The van der Waals surface area contributed by atoms with Crippen LogP contribution in [0.3, 0.4) is 0 Å². The standard InChI is InChI=1S/C9H23N3/c1-2-9(5-3-6-10)12-8-4-7-11/h9,12H,2-8,10-11H2,1H3. The van der Waals surface area contributed by atoms with Crippen LogP contribution in [-0.4, -0.2) is 25.7 Å². The second-order valence-electron chi connectivity index (χ2n) is 3.13. The first-order chi connectivity index (χ1) is 5.85. The molecule has 0 saturated heterocycles. The quantitative estimate of drug-likeness (QED) is 0.467. The van der Waals surface area contributed by atoms with Gasteiger partial charge in [0, 0.05) is 6.04 Å². The summed E-state index contributed by atoms with van der Waals surface area (Å²) in [6, 6.07) is 0.639. The minimum absolute atomic E-state index is 0.639. The number of hydrogen-bond donors (Lipinski definition) is 3. The lowest BCUT2D eigenvalue weighted by molar-refractivity contribution is 0.455. The largest absolute Gasteiger partial charge is 0.330 e. The molecule has 0 saturated carbocycles. The van der Waals surface area contributed by atoms with E-state index in [1.807, 2.05) is 0 Å². The summed E-state index contributed by atoms with van der Waals surface area (Å²) in [5.74, 6) is 0. The van der Waals surface area contributed by atoms with Crippen molar-refractivity contribution in [3.63, 3.8) is 0 Å². The molecule has 0 bridgehead atoms. The van der Waals surface area contributed by atoms with Gasteiger partial charge in [0.25, 0.3) is 0 Å². The zero-order valence-electron chi connectivity index (χ0n) is 8.18. The molecule has 0 aliphatic heterocycles. The number of nitrogens with one attached hydrogen (secondary N) is 1. The highest BCUT2D eigenvalue weighted by Gasteiger charge is 2.02. The van der Waals surface area contributed by atoms with Gasteiger partial charge in [0.2, 0.25) is 0 Å². The minimum atomic E-state index is 0.639. The van der Waals surface area contributed by atoms with Crippen molar-refractivity contribution in [2.75, 3.05) is 19.6 Å². The summed E-state index contributed by atoms with van der Waals surface area (Å²) in [5.41, 5.74) is 10.8. The van der Waals surface area contributed by atoms with Crippen molar-refractivity contribution in [2.24, 2.45) is 11.5 Å². The van der Waals surface area contributed by atoms with Crippen molar-refractivity contribution in [2.45, 2.75) is 38.6 Å². The van der Waals surface area contributed by atoms with Gasteiger partial charge in [-0.25, -0.2) is 0 Å². The lowest BCUT2D eigenvalue weighted by Gasteiger charge is -2.15. The maximum atomic E-state index is 5.44. The highest BCUT2D eigenvalue weighted by atomic mass is 14.9. The molecule has 0 aliphatic carbocycles. The summed E-state index contributed by atoms with van der Waals surface area (Å²) in [4.78, 5) is 0. The van der Waals surface area contributed by atoms with E-state index in [2.05, 4.69) is 12.2 Å². The van der Waals surface area contributed by atoms with Gasteiger partial charge in [-0.1, -0.05) is 6.92 Å². The second-order valence-corrected chi connectivity index (χ2v) is 3.13. The highest BCUT2D eigenvalue weighted by Crippen LogP contribution is 1.99. The van der Waals surface area contributed by atoms with Crippen molar-refractivity contribution < 1.29 is 0 Å². The summed E-state index contributed by atoms with van der Waals surface area (Å²) >= 11 is 0. The van der Waals surface area contributed by atoms with Gasteiger partial charge in [-0.3, -0.25) is 0 Å². The Balaban J connectivity index is 3.26. The molecule has 0 fully saturated rings. The van der Waals surface area contributed by atoms with E-state index in [1.165, 1.54) is 12.8 Å². The van der Waals surface area contributed by atoms with Gasteiger partial charge in [-0.2, -0.15) is 0 Å². The molecule has 0 rings (SSSR count). The maximum Gasteiger partial charge on any atom is 0.00649 e. The molecule has 0 aliphatic rings. The Hall–Kier alpha value is -0.120. The van der Waals surface area contributed by atoms with E-state index in [1.54, 1.807) is 0 Å². The molecule has 3 nitrogen and oxygen atoms in total. The Bertz CT molecular complexity index is 85.8. The van der Waals surface area contributed by atoms with E-state index in [4.69, 9.17) is 11.5 Å². The predicted octanol–water partition coefficient (Wildman–Crippen LogP) is 0.442. The predicted molar refractivity (Wildman–Crippen MR) is 54.0 cm³/mol. The van der Waals surface area contributed by atoms with Crippen molar-refractivity contribution in [1.29, 1.82) is 0 Å². The normalized spacial score (nSPS) is 13.2. The molecule has 0 aromatic heterocycles. The molecule has 0 spiro atoms. The number of nitrogens with two attached hydrogens (primary N) is 2. The smallest absolute Gasteiger partial charge is 0.00649 e. The fourth-order valence-corrected chi connectivity index (χ4v) is 1.22. The Kier molecular flexibility index (Phi) is 8.88. The topological polar surface area (TPSA) is 64.1 Å². The Morgan fingerprint density at radius 3 is 2.33 bits per heavy atom. The van der Waals surface area contributed by atoms with Crippen LogP contribution >= 0.6 is 0 Å². The summed E-state index contributed by atoms with van der Waals surface area (Å²) in [6.07, 6.45) is 4.56. The van der Waals surface area contributed by atoms with E-state index in [0.29, 0.717) is 6.04 Å². The van der Waals surface area contributed by atoms with Gasteiger partial charge in [0.15, 0.2) is 0 Å². The van der Waals surface area contributed by atoms with Gasteiger partial charge in [-0.05, 0) is 45.3 Å². The van der Waals surface area contributed by atoms with Crippen LogP contribution in [0, 0.1) is 0 Å². The maximum absolute atomic E-state index is 5.44. The third kappa shape index (κ3) is 6.58. The van der Waals surface area contributed by atoms with Crippen LogP contribution < -0.4 is 16.8 Å². The van der Waals surface area contributed by atoms with Crippen LogP contribution in [0.4, 0.5) is 0 Å². The van der Waals surface area contributed by atoms with Crippen LogP contribution in [-0.2, 0) is 0 Å². The molecule has 1 unspecified atom stereocenters. The van der Waals surface area contributed by atoms with E-state index in [0.717, 1.165) is 32.5 Å². The molecule has 0 aromatic rings. The molecule has 1 atom stereocenters. The van der Waals surface area contributed by atoms with Gasteiger partial charge < -0.3 is 16.8 Å². The molecule has 5 N–H and O–H groups in total. The molecule has 0 radical (unpaired) electrons. The molecule has 74 valence electrons. The van der Waals surface area contributed by atoms with Gasteiger partial charge in [-0.15, -0.1) is 0 Å². The molecule has 0 amide bonds. The van der Waals surface area contributed by atoms with E-state index in [-0.39, 0.29) is 0 Å². The van der Waals surface area contributed by atoms with Gasteiger partial charge in [0.1, 0.15) is 0 Å². The molecule has 0 heterocycles. The monoisotopic (exact) mass is 173 g/mol. The van der Waals surface area contributed by atoms with Crippen LogP contribution in [0.25, 0.3) is 0 Å². The third-order valence-corrected chi connectivity index (χ3v) is 2.06. The fraction of sp³-hybridized carbons (Fsp3) is 1.00. The van der Waals surface area contributed by atoms with Gasteiger partial charge >= 0.3 is 0 Å². The first-order valence-electron chi connectivity index (χ1n) is 4.98. The van der Waals surface area contributed by atoms with E-state index >= 15 is 0 Å². The molecular weight excluding hydrogens is 150 g/mol. The van der Waals surface area contributed by atoms with Crippen molar-refractivity contribution in [3.05, 3.63) is 0 Å². The highest BCUT2D eigenvalue weighted by molar-refractivity contribution is 4.64. The van der Waals surface area contributed by atoms with Crippen molar-refractivity contribution >= 4 is 0 Å². The van der Waals surface area contributed by atoms with E-state index in [9.17, 15) is 0 Å². The zero-order valence-corrected chi connectivity index (χ0v) is 8.18. The lowest BCUT2D eigenvalue weighted by atomic mass is 10.1. The summed E-state index contributed by atoms with van der Waals surface area (Å²) < 4.78 is 0. The minimum Gasteiger partial charge on any atom is -0.330 e. The molecule has 0 aromatic carbocycles. The molecule has 12 heavy (non-hydrogen) atoms. The van der Waals surface area contributed by atoms with Crippen LogP contribution in [0.1, 0.15) is 32.6 Å². The summed E-state index contributed by atoms with van der Waals surface area (Å²) in [7, 11) is 0. The molecule has 3 heteroatoms. The van der Waals surface area contributed by atoms with E-state index < -0.39 is 0 Å². The Morgan fingerprint density at radius 1 is 1.17 bits per heavy atom. The lowest BCUT2D eigenvalue weighted by Crippen LogP contribution is -2.30. The summed E-state index contributed by atoms with van der Waals surface area (Å²) in [6.45, 7) is 4.82. The first-order valence-corrected chi connectivity index (χ1v) is 4.98. The Morgan fingerprint density at radius 2 is 1.83 bits per heavy atom.